The number of ether oxygens (including phenoxy) is 1. The highest BCUT2D eigenvalue weighted by atomic mass is 35.5. The number of nitrogens with zero attached hydrogens (tertiary/aromatic N) is 1. The number of likely N-dealkylation sites (N-methyl/N-ethyl adjacent to an activating group) is 1. The second-order valence-electron chi connectivity index (χ2n) is 6.26. The minimum atomic E-state index is -1.15. The summed E-state index contributed by atoms with van der Waals surface area (Å²) < 4.78 is 5.76. The maximum atomic E-state index is 12.7. The molecule has 2 amide bonds. The first kappa shape index (κ1) is 20.1. The van der Waals surface area contributed by atoms with Crippen molar-refractivity contribution in [2.24, 2.45) is 0 Å². The Morgan fingerprint density at radius 1 is 1.08 bits per heavy atom. The molecule has 7 heteroatoms. The number of anilines is 1. The molecule has 0 radical (unpaired) electrons. The summed E-state index contributed by atoms with van der Waals surface area (Å²) in [6.45, 7) is 3.16. The van der Waals surface area contributed by atoms with Crippen LogP contribution in [-0.2, 0) is 9.59 Å². The molecule has 1 N–H and O–H groups in total. The molecular weight excluding hydrogens is 375 g/mol. The first-order valence-corrected chi connectivity index (χ1v) is 8.69. The van der Waals surface area contributed by atoms with E-state index in [0.29, 0.717) is 21.5 Å². The van der Waals surface area contributed by atoms with Gasteiger partial charge in [-0.3, -0.25) is 9.59 Å². The number of nitrogens with one attached hydrogen (secondary N) is 1. The lowest BCUT2D eigenvalue weighted by molar-refractivity contribution is -0.145. The highest BCUT2D eigenvalue weighted by Gasteiger charge is 2.33. The van der Waals surface area contributed by atoms with Gasteiger partial charge in [0.1, 0.15) is 5.75 Å². The van der Waals surface area contributed by atoms with Gasteiger partial charge in [0.2, 0.25) is 5.91 Å². The Morgan fingerprint density at radius 2 is 1.69 bits per heavy atom. The number of carbonyl (C=O) groups is 2. The number of hydrogen-bond acceptors (Lipinski definition) is 3. The SMILES string of the molecule is CN(CC(=O)Nc1ccccc1Cl)C(=O)C(C)(C)Oc1ccc(Cl)cc1. The van der Waals surface area contributed by atoms with Crippen molar-refractivity contribution in [1.29, 1.82) is 0 Å². The fourth-order valence-corrected chi connectivity index (χ4v) is 2.65. The Labute approximate surface area is 162 Å². The number of rotatable bonds is 6. The van der Waals surface area contributed by atoms with E-state index < -0.39 is 5.60 Å². The number of benzene rings is 2. The minimum absolute atomic E-state index is 0.128. The van der Waals surface area contributed by atoms with E-state index >= 15 is 0 Å². The smallest absolute Gasteiger partial charge is 0.266 e. The fourth-order valence-electron chi connectivity index (χ4n) is 2.34. The van der Waals surface area contributed by atoms with Crippen LogP contribution in [0.15, 0.2) is 48.5 Å². The van der Waals surface area contributed by atoms with Crippen molar-refractivity contribution in [3.8, 4) is 5.75 Å². The fraction of sp³-hybridized carbons (Fsp3) is 0.263. The molecular formula is C19H20Cl2N2O3. The minimum Gasteiger partial charge on any atom is -0.478 e. The molecule has 26 heavy (non-hydrogen) atoms. The van der Waals surface area contributed by atoms with Crippen molar-refractivity contribution in [3.63, 3.8) is 0 Å². The molecule has 0 heterocycles. The average Bonchev–Trinajstić information content (AvgIpc) is 2.58. The van der Waals surface area contributed by atoms with Gasteiger partial charge >= 0.3 is 0 Å². The third-order valence-corrected chi connectivity index (χ3v) is 4.16. The lowest BCUT2D eigenvalue weighted by Gasteiger charge is -2.29. The van der Waals surface area contributed by atoms with Crippen molar-refractivity contribution in [3.05, 3.63) is 58.6 Å². The van der Waals surface area contributed by atoms with Crippen LogP contribution in [0.1, 0.15) is 13.8 Å². The van der Waals surface area contributed by atoms with Gasteiger partial charge in [0.25, 0.3) is 5.91 Å². The van der Waals surface area contributed by atoms with Crippen molar-refractivity contribution in [1.82, 2.24) is 4.90 Å². The van der Waals surface area contributed by atoms with Crippen LogP contribution >= 0.6 is 23.2 Å². The number of amides is 2. The maximum Gasteiger partial charge on any atom is 0.266 e. The lowest BCUT2D eigenvalue weighted by atomic mass is 10.1. The van der Waals surface area contributed by atoms with Crippen molar-refractivity contribution >= 4 is 40.7 Å². The molecule has 0 aliphatic heterocycles. The molecule has 138 valence electrons. The molecule has 0 unspecified atom stereocenters. The summed E-state index contributed by atoms with van der Waals surface area (Å²) in [7, 11) is 1.54. The molecule has 0 fully saturated rings. The third kappa shape index (κ3) is 5.38. The first-order chi connectivity index (χ1) is 12.2. The quantitative estimate of drug-likeness (QED) is 0.796. The average molecular weight is 395 g/mol. The second kappa shape index (κ2) is 8.43. The Kier molecular flexibility index (Phi) is 6.51. The van der Waals surface area contributed by atoms with Gasteiger partial charge in [-0.15, -0.1) is 0 Å². The number of hydrogen-bond donors (Lipinski definition) is 1. The van der Waals surface area contributed by atoms with Crippen LogP contribution < -0.4 is 10.1 Å². The van der Waals surface area contributed by atoms with E-state index in [4.69, 9.17) is 27.9 Å². The lowest BCUT2D eigenvalue weighted by Crippen LogP contribution is -2.49. The van der Waals surface area contributed by atoms with Crippen molar-refractivity contribution in [2.45, 2.75) is 19.4 Å². The van der Waals surface area contributed by atoms with E-state index in [2.05, 4.69) is 5.32 Å². The Hall–Kier alpha value is -2.24. The maximum absolute atomic E-state index is 12.7. The van der Waals surface area contributed by atoms with Crippen LogP contribution in [0.2, 0.25) is 10.0 Å². The zero-order valence-corrected chi connectivity index (χ0v) is 16.3. The third-order valence-electron chi connectivity index (χ3n) is 3.58. The molecule has 0 bridgehead atoms. The second-order valence-corrected chi connectivity index (χ2v) is 7.10. The van der Waals surface area contributed by atoms with Gasteiger partial charge in [0.05, 0.1) is 17.3 Å². The van der Waals surface area contributed by atoms with Crippen LogP contribution in [0.4, 0.5) is 5.69 Å². The van der Waals surface area contributed by atoms with Gasteiger partial charge in [-0.1, -0.05) is 35.3 Å². The summed E-state index contributed by atoms with van der Waals surface area (Å²) in [5, 5.41) is 3.69. The zero-order valence-electron chi connectivity index (χ0n) is 14.8. The van der Waals surface area contributed by atoms with E-state index in [-0.39, 0.29) is 18.4 Å². The van der Waals surface area contributed by atoms with Crippen LogP contribution in [0.3, 0.4) is 0 Å². The summed E-state index contributed by atoms with van der Waals surface area (Å²) in [6.07, 6.45) is 0. The number of para-hydroxylation sites is 1. The number of carbonyl (C=O) groups excluding carboxylic acids is 2. The first-order valence-electron chi connectivity index (χ1n) is 7.93. The predicted molar refractivity (Wildman–Crippen MR) is 104 cm³/mol. The Balaban J connectivity index is 1.97. The molecule has 0 atom stereocenters. The van der Waals surface area contributed by atoms with Gasteiger partial charge in [-0.2, -0.15) is 0 Å². The zero-order chi connectivity index (χ0) is 19.3. The normalized spacial score (nSPS) is 11.0. The van der Waals surface area contributed by atoms with Crippen LogP contribution in [-0.4, -0.2) is 35.9 Å². The van der Waals surface area contributed by atoms with Gasteiger partial charge in [0.15, 0.2) is 5.60 Å². The van der Waals surface area contributed by atoms with E-state index in [1.165, 1.54) is 4.90 Å². The highest BCUT2D eigenvalue weighted by molar-refractivity contribution is 6.33. The summed E-state index contributed by atoms with van der Waals surface area (Å²) in [5.74, 6) is -0.167. The van der Waals surface area contributed by atoms with Crippen LogP contribution in [0, 0.1) is 0 Å². The summed E-state index contributed by atoms with van der Waals surface area (Å²) in [5.41, 5.74) is -0.649. The van der Waals surface area contributed by atoms with Crippen LogP contribution in [0.25, 0.3) is 0 Å². The van der Waals surface area contributed by atoms with Gasteiger partial charge < -0.3 is 15.0 Å². The van der Waals surface area contributed by atoms with Crippen LogP contribution in [0.5, 0.6) is 5.75 Å². The van der Waals surface area contributed by atoms with Gasteiger partial charge in [-0.05, 0) is 50.2 Å². The molecule has 0 aliphatic carbocycles. The van der Waals surface area contributed by atoms with Crippen molar-refractivity contribution in [2.75, 3.05) is 18.9 Å². The molecule has 2 aromatic rings. The summed E-state index contributed by atoms with van der Waals surface area (Å²) in [6, 6.07) is 13.6. The van der Waals surface area contributed by atoms with Gasteiger partial charge in [-0.25, -0.2) is 0 Å². The molecule has 5 nitrogen and oxygen atoms in total. The summed E-state index contributed by atoms with van der Waals surface area (Å²) in [4.78, 5) is 26.2. The van der Waals surface area contributed by atoms with Gasteiger partial charge in [0, 0.05) is 12.1 Å². The Bertz CT molecular complexity index is 792. The van der Waals surface area contributed by atoms with E-state index in [0.717, 1.165) is 0 Å². The van der Waals surface area contributed by atoms with Crippen molar-refractivity contribution < 1.29 is 14.3 Å². The molecule has 0 aliphatic rings. The van der Waals surface area contributed by atoms with E-state index in [1.807, 2.05) is 0 Å². The highest BCUT2D eigenvalue weighted by Crippen LogP contribution is 2.23. The number of halogens is 2. The van der Waals surface area contributed by atoms with E-state index in [1.54, 1.807) is 69.4 Å². The molecule has 0 saturated carbocycles. The molecule has 2 rings (SSSR count). The predicted octanol–water partition coefficient (Wildman–Crippen LogP) is 4.25. The topological polar surface area (TPSA) is 58.6 Å². The standard InChI is InChI=1S/C19H20Cl2N2O3/c1-19(2,26-14-10-8-13(20)9-11-14)18(25)23(3)12-17(24)22-16-7-5-4-6-15(16)21/h4-11H,12H2,1-3H3,(H,22,24). The molecule has 0 saturated heterocycles. The van der Waals surface area contributed by atoms with E-state index in [9.17, 15) is 9.59 Å². The largest absolute Gasteiger partial charge is 0.478 e. The molecule has 0 spiro atoms. The molecule has 0 aromatic heterocycles. The monoisotopic (exact) mass is 394 g/mol. The molecule has 2 aromatic carbocycles. The summed E-state index contributed by atoms with van der Waals surface area (Å²) >= 11 is 11.9. The Morgan fingerprint density at radius 3 is 2.31 bits per heavy atom.